The first kappa shape index (κ1) is 13.1. The number of likely N-dealkylation sites (N-methyl/N-ethyl adjacent to an activating group) is 1. The van der Waals surface area contributed by atoms with Crippen molar-refractivity contribution in [2.75, 3.05) is 33.2 Å². The van der Waals surface area contributed by atoms with E-state index >= 15 is 0 Å². The van der Waals surface area contributed by atoms with Gasteiger partial charge < -0.3 is 4.90 Å². The molecule has 0 unspecified atom stereocenters. The van der Waals surface area contributed by atoms with E-state index in [4.69, 9.17) is 0 Å². The van der Waals surface area contributed by atoms with Crippen LogP contribution in [0, 0.1) is 0 Å². The SMILES string of the molecule is CN1CCN(Cc2cccc3cccc(Br)c23)CC1. The lowest BCUT2D eigenvalue weighted by Gasteiger charge is -2.32. The number of nitrogens with zero attached hydrogens (tertiary/aromatic N) is 2. The van der Waals surface area contributed by atoms with Crippen molar-refractivity contribution in [3.8, 4) is 0 Å². The van der Waals surface area contributed by atoms with Crippen molar-refractivity contribution in [1.82, 2.24) is 9.80 Å². The van der Waals surface area contributed by atoms with Gasteiger partial charge in [0.2, 0.25) is 0 Å². The number of piperazine rings is 1. The predicted molar refractivity (Wildman–Crippen MR) is 84.4 cm³/mol. The topological polar surface area (TPSA) is 6.48 Å². The average molecular weight is 319 g/mol. The third-order valence-corrected chi connectivity index (χ3v) is 4.59. The van der Waals surface area contributed by atoms with E-state index in [1.165, 1.54) is 33.9 Å². The molecule has 100 valence electrons. The molecule has 3 rings (SSSR count). The molecule has 1 fully saturated rings. The summed E-state index contributed by atoms with van der Waals surface area (Å²) in [7, 11) is 2.20. The molecule has 1 saturated heterocycles. The Morgan fingerprint density at radius 2 is 1.68 bits per heavy atom. The highest BCUT2D eigenvalue weighted by Crippen LogP contribution is 2.28. The van der Waals surface area contributed by atoms with Crippen LogP contribution in [0.3, 0.4) is 0 Å². The summed E-state index contributed by atoms with van der Waals surface area (Å²) < 4.78 is 1.20. The third kappa shape index (κ3) is 2.83. The third-order valence-electron chi connectivity index (χ3n) is 3.93. The highest BCUT2D eigenvalue weighted by Gasteiger charge is 2.15. The summed E-state index contributed by atoms with van der Waals surface area (Å²) in [5.74, 6) is 0. The molecule has 0 radical (unpaired) electrons. The minimum absolute atomic E-state index is 1.05. The minimum atomic E-state index is 1.05. The van der Waals surface area contributed by atoms with Gasteiger partial charge in [-0.1, -0.05) is 46.3 Å². The molecular weight excluding hydrogens is 300 g/mol. The Kier molecular flexibility index (Phi) is 3.87. The second-order valence-corrected chi connectivity index (χ2v) is 6.19. The van der Waals surface area contributed by atoms with Gasteiger partial charge in [0.05, 0.1) is 0 Å². The summed E-state index contributed by atoms with van der Waals surface area (Å²) >= 11 is 3.70. The van der Waals surface area contributed by atoms with Crippen LogP contribution in [0.1, 0.15) is 5.56 Å². The zero-order valence-corrected chi connectivity index (χ0v) is 12.9. The van der Waals surface area contributed by atoms with E-state index in [0.717, 1.165) is 19.6 Å². The van der Waals surface area contributed by atoms with Gasteiger partial charge in [0.15, 0.2) is 0 Å². The number of halogens is 1. The quantitative estimate of drug-likeness (QED) is 0.838. The number of fused-ring (bicyclic) bond motifs is 1. The first-order valence-electron chi connectivity index (χ1n) is 6.81. The molecule has 0 spiro atoms. The lowest BCUT2D eigenvalue weighted by atomic mass is 10.0. The molecule has 3 heteroatoms. The van der Waals surface area contributed by atoms with Crippen LogP contribution in [-0.4, -0.2) is 43.0 Å². The van der Waals surface area contributed by atoms with Crippen molar-refractivity contribution in [2.24, 2.45) is 0 Å². The second kappa shape index (κ2) is 5.61. The molecule has 0 aliphatic carbocycles. The van der Waals surface area contributed by atoms with Crippen LogP contribution in [0.2, 0.25) is 0 Å². The molecule has 2 aromatic carbocycles. The largest absolute Gasteiger partial charge is 0.304 e. The zero-order chi connectivity index (χ0) is 13.2. The van der Waals surface area contributed by atoms with Crippen LogP contribution < -0.4 is 0 Å². The Hall–Kier alpha value is -0.900. The molecule has 0 atom stereocenters. The van der Waals surface area contributed by atoms with Crippen molar-refractivity contribution in [3.05, 3.63) is 46.4 Å². The van der Waals surface area contributed by atoms with E-state index in [0.29, 0.717) is 0 Å². The minimum Gasteiger partial charge on any atom is -0.304 e. The normalized spacial score (nSPS) is 18.0. The van der Waals surface area contributed by atoms with Crippen LogP contribution in [0.15, 0.2) is 40.9 Å². The maximum atomic E-state index is 3.70. The van der Waals surface area contributed by atoms with Gasteiger partial charge in [-0.25, -0.2) is 0 Å². The van der Waals surface area contributed by atoms with Gasteiger partial charge in [-0.05, 0) is 24.1 Å². The van der Waals surface area contributed by atoms with Crippen molar-refractivity contribution in [3.63, 3.8) is 0 Å². The van der Waals surface area contributed by atoms with Crippen LogP contribution >= 0.6 is 15.9 Å². The van der Waals surface area contributed by atoms with Crippen LogP contribution in [-0.2, 0) is 6.54 Å². The molecule has 0 amide bonds. The van der Waals surface area contributed by atoms with Crippen LogP contribution in [0.25, 0.3) is 10.8 Å². The first-order chi connectivity index (χ1) is 9.24. The molecule has 1 heterocycles. The second-order valence-electron chi connectivity index (χ2n) is 5.33. The first-order valence-corrected chi connectivity index (χ1v) is 7.60. The van der Waals surface area contributed by atoms with Gasteiger partial charge in [-0.15, -0.1) is 0 Å². The van der Waals surface area contributed by atoms with Gasteiger partial charge in [-0.3, -0.25) is 4.90 Å². The monoisotopic (exact) mass is 318 g/mol. The fourth-order valence-electron chi connectivity index (χ4n) is 2.75. The highest BCUT2D eigenvalue weighted by atomic mass is 79.9. The Bertz CT molecular complexity index is 569. The number of rotatable bonds is 2. The van der Waals surface area contributed by atoms with Crippen LogP contribution in [0.5, 0.6) is 0 Å². The van der Waals surface area contributed by atoms with Gasteiger partial charge in [0.1, 0.15) is 0 Å². The van der Waals surface area contributed by atoms with Gasteiger partial charge >= 0.3 is 0 Å². The molecule has 0 aromatic heterocycles. The lowest BCUT2D eigenvalue weighted by molar-refractivity contribution is 0.148. The summed E-state index contributed by atoms with van der Waals surface area (Å²) in [6.07, 6.45) is 0. The van der Waals surface area contributed by atoms with E-state index in [9.17, 15) is 0 Å². The number of hydrogen-bond donors (Lipinski definition) is 0. The lowest BCUT2D eigenvalue weighted by Crippen LogP contribution is -2.43. The summed E-state index contributed by atoms with van der Waals surface area (Å²) in [6.45, 7) is 5.72. The van der Waals surface area contributed by atoms with E-state index in [1.54, 1.807) is 0 Å². The molecular formula is C16H19BrN2. The van der Waals surface area contributed by atoms with Crippen molar-refractivity contribution >= 4 is 26.7 Å². The molecule has 1 aliphatic heterocycles. The highest BCUT2D eigenvalue weighted by molar-refractivity contribution is 9.10. The van der Waals surface area contributed by atoms with E-state index in [2.05, 4.69) is 69.2 Å². The summed E-state index contributed by atoms with van der Waals surface area (Å²) in [5, 5.41) is 2.69. The van der Waals surface area contributed by atoms with Gasteiger partial charge in [0.25, 0.3) is 0 Å². The summed E-state index contributed by atoms with van der Waals surface area (Å²) in [6, 6.07) is 13.0. The summed E-state index contributed by atoms with van der Waals surface area (Å²) in [4.78, 5) is 4.95. The van der Waals surface area contributed by atoms with Gasteiger partial charge in [-0.2, -0.15) is 0 Å². The van der Waals surface area contributed by atoms with E-state index < -0.39 is 0 Å². The Labute approximate surface area is 123 Å². The number of benzene rings is 2. The molecule has 1 aliphatic rings. The molecule has 0 saturated carbocycles. The van der Waals surface area contributed by atoms with Crippen molar-refractivity contribution < 1.29 is 0 Å². The Morgan fingerprint density at radius 3 is 2.42 bits per heavy atom. The van der Waals surface area contributed by atoms with E-state index in [1.807, 2.05) is 0 Å². The molecule has 0 N–H and O–H groups in total. The van der Waals surface area contributed by atoms with E-state index in [-0.39, 0.29) is 0 Å². The summed E-state index contributed by atoms with van der Waals surface area (Å²) in [5.41, 5.74) is 1.43. The smallest absolute Gasteiger partial charge is 0.0256 e. The fraction of sp³-hybridized carbons (Fsp3) is 0.375. The zero-order valence-electron chi connectivity index (χ0n) is 11.3. The van der Waals surface area contributed by atoms with Crippen molar-refractivity contribution in [1.29, 1.82) is 0 Å². The fourth-order valence-corrected chi connectivity index (χ4v) is 3.38. The molecule has 19 heavy (non-hydrogen) atoms. The Balaban J connectivity index is 1.88. The number of hydrogen-bond acceptors (Lipinski definition) is 2. The van der Waals surface area contributed by atoms with Crippen molar-refractivity contribution in [2.45, 2.75) is 6.54 Å². The predicted octanol–water partition coefficient (Wildman–Crippen LogP) is 3.35. The maximum absolute atomic E-state index is 3.70. The maximum Gasteiger partial charge on any atom is 0.0256 e. The molecule has 0 bridgehead atoms. The Morgan fingerprint density at radius 1 is 1.00 bits per heavy atom. The van der Waals surface area contributed by atoms with Gasteiger partial charge in [0, 0.05) is 42.6 Å². The van der Waals surface area contributed by atoms with Crippen LogP contribution in [0.4, 0.5) is 0 Å². The molecule has 2 nitrogen and oxygen atoms in total. The average Bonchev–Trinajstić information content (AvgIpc) is 2.42. The standard InChI is InChI=1S/C16H19BrN2/c1-18-8-10-19(11-9-18)12-14-6-2-4-13-5-3-7-15(17)16(13)14/h2-7H,8-12H2,1H3. The molecule has 2 aromatic rings.